The molecule has 0 radical (unpaired) electrons. The van der Waals surface area contributed by atoms with Gasteiger partial charge in [-0.2, -0.15) is 0 Å². The number of benzene rings is 2. The number of hydrogen-bond acceptors (Lipinski definition) is 6. The smallest absolute Gasteiger partial charge is 0.410 e. The summed E-state index contributed by atoms with van der Waals surface area (Å²) in [5.41, 5.74) is 6.73. The second kappa shape index (κ2) is 11.0. The molecule has 0 atom stereocenters. The van der Waals surface area contributed by atoms with Crippen LogP contribution in [0.25, 0.3) is 34.1 Å². The molecule has 0 unspecified atom stereocenters. The summed E-state index contributed by atoms with van der Waals surface area (Å²) < 4.78 is 11.5. The van der Waals surface area contributed by atoms with Crippen molar-refractivity contribution in [1.29, 1.82) is 0 Å². The number of rotatable bonds is 4. The lowest BCUT2D eigenvalue weighted by atomic mass is 9.96. The van der Waals surface area contributed by atoms with Crippen molar-refractivity contribution in [1.82, 2.24) is 20.0 Å². The highest BCUT2D eigenvalue weighted by Crippen LogP contribution is 2.31. The first-order valence-corrected chi connectivity index (χ1v) is 13.5. The van der Waals surface area contributed by atoms with Crippen LogP contribution in [0.1, 0.15) is 50.3 Å². The predicted molar refractivity (Wildman–Crippen MR) is 152 cm³/mol. The molecule has 0 saturated carbocycles. The normalized spacial score (nSPS) is 15.9. The number of carbonyl (C=O) groups is 2. The zero-order valence-corrected chi connectivity index (χ0v) is 23.3. The largest absolute Gasteiger partial charge is 0.465 e. The second-order valence-electron chi connectivity index (χ2n) is 11.1. The van der Waals surface area contributed by atoms with Gasteiger partial charge in [0.2, 0.25) is 11.8 Å². The first kappa shape index (κ1) is 27.2. The average Bonchev–Trinajstić information content (AvgIpc) is 3.42. The summed E-state index contributed by atoms with van der Waals surface area (Å²) in [7, 11) is 0. The molecule has 5 rings (SSSR count). The van der Waals surface area contributed by atoms with E-state index in [1.54, 1.807) is 4.90 Å². The maximum atomic E-state index is 12.4. The van der Waals surface area contributed by atoms with Gasteiger partial charge in [0.25, 0.3) is 0 Å². The molecule has 0 spiro atoms. The van der Waals surface area contributed by atoms with Gasteiger partial charge in [0.05, 0.1) is 0 Å². The van der Waals surface area contributed by atoms with E-state index in [2.05, 4.69) is 28.4 Å². The molecule has 2 aliphatic rings. The number of ether oxygens (including phenoxy) is 1. The molecule has 9 nitrogen and oxygen atoms in total. The van der Waals surface area contributed by atoms with E-state index in [-0.39, 0.29) is 6.09 Å². The van der Waals surface area contributed by atoms with Gasteiger partial charge in [-0.1, -0.05) is 36.4 Å². The highest BCUT2D eigenvalue weighted by Gasteiger charge is 2.24. The van der Waals surface area contributed by atoms with Gasteiger partial charge in [-0.25, -0.2) is 9.59 Å². The van der Waals surface area contributed by atoms with Crippen molar-refractivity contribution in [3.63, 3.8) is 0 Å². The highest BCUT2D eigenvalue weighted by molar-refractivity contribution is 5.75. The Kier molecular flexibility index (Phi) is 7.47. The molecule has 1 N–H and O–H groups in total. The summed E-state index contributed by atoms with van der Waals surface area (Å²) in [5.74, 6) is 0.900. The maximum absolute atomic E-state index is 12.4. The predicted octanol–water partition coefficient (Wildman–Crippen LogP) is 6.50. The van der Waals surface area contributed by atoms with Crippen molar-refractivity contribution >= 4 is 23.3 Å². The van der Waals surface area contributed by atoms with Crippen molar-refractivity contribution in [2.45, 2.75) is 46.1 Å². The first-order chi connectivity index (χ1) is 19.1. The number of nitrogens with zero attached hydrogens (tertiary/aromatic N) is 4. The van der Waals surface area contributed by atoms with Gasteiger partial charge in [-0.3, -0.25) is 0 Å². The lowest BCUT2D eigenvalue weighted by Crippen LogP contribution is -2.39. The second-order valence-corrected chi connectivity index (χ2v) is 11.1. The molecular weight excluding hydrogens is 508 g/mol. The number of amides is 2. The SMILES string of the molecule is Cc1cc(C2=CCN(C(=O)OC(C)(C)C)CC2)ccc1-c1nnc(-c2ccc(C3=CCN(C(=O)O)CC3)cc2)o1. The lowest BCUT2D eigenvalue weighted by Gasteiger charge is -2.29. The van der Waals surface area contributed by atoms with Gasteiger partial charge in [-0.05, 0) is 86.6 Å². The molecule has 0 bridgehead atoms. The summed E-state index contributed by atoms with van der Waals surface area (Å²) in [6.45, 7) is 9.68. The lowest BCUT2D eigenvalue weighted by molar-refractivity contribution is 0.0270. The maximum Gasteiger partial charge on any atom is 0.410 e. The van der Waals surface area contributed by atoms with Crippen molar-refractivity contribution in [3.8, 4) is 22.9 Å². The van der Waals surface area contributed by atoms with Crippen LogP contribution in [0.15, 0.2) is 59.0 Å². The first-order valence-electron chi connectivity index (χ1n) is 13.5. The van der Waals surface area contributed by atoms with Crippen LogP contribution in [0, 0.1) is 6.92 Å². The van der Waals surface area contributed by atoms with Crippen LogP contribution in [0.3, 0.4) is 0 Å². The molecule has 208 valence electrons. The standard InChI is InChI=1S/C31H34N4O5/c1-20-19-25(23-13-17-35(18-14-23)30(38)40-31(2,3)4)9-10-26(20)28-33-32-27(39-28)24-7-5-21(6-8-24)22-11-15-34(16-12-22)29(36)37/h5-11,13,19H,12,14-18H2,1-4H3,(H,36,37). The van der Waals surface area contributed by atoms with E-state index in [1.807, 2.05) is 64.1 Å². The van der Waals surface area contributed by atoms with Gasteiger partial charge >= 0.3 is 12.2 Å². The van der Waals surface area contributed by atoms with E-state index in [0.717, 1.165) is 39.8 Å². The zero-order chi connectivity index (χ0) is 28.4. The Hall–Kier alpha value is -4.40. The summed E-state index contributed by atoms with van der Waals surface area (Å²) in [6.07, 6.45) is 4.32. The third-order valence-electron chi connectivity index (χ3n) is 7.10. The van der Waals surface area contributed by atoms with Crippen molar-refractivity contribution < 1.29 is 23.8 Å². The third-order valence-corrected chi connectivity index (χ3v) is 7.10. The Labute approximate surface area is 233 Å². The Bertz CT molecular complexity index is 1480. The van der Waals surface area contributed by atoms with Crippen LogP contribution in [-0.2, 0) is 4.74 Å². The monoisotopic (exact) mass is 542 g/mol. The van der Waals surface area contributed by atoms with Crippen LogP contribution in [0.2, 0.25) is 0 Å². The fraction of sp³-hybridized carbons (Fsp3) is 0.355. The van der Waals surface area contributed by atoms with Crippen molar-refractivity contribution in [3.05, 3.63) is 71.3 Å². The molecule has 0 aliphatic carbocycles. The number of carboxylic acid groups (broad SMARTS) is 1. The number of aromatic nitrogens is 2. The van der Waals surface area contributed by atoms with Crippen LogP contribution in [-0.4, -0.2) is 69.1 Å². The molecule has 9 heteroatoms. The van der Waals surface area contributed by atoms with E-state index in [4.69, 9.17) is 14.3 Å². The molecule has 0 fully saturated rings. The molecular formula is C31H34N4O5. The van der Waals surface area contributed by atoms with E-state index in [0.29, 0.717) is 44.4 Å². The topological polar surface area (TPSA) is 109 Å². The quantitative estimate of drug-likeness (QED) is 0.401. The minimum atomic E-state index is -0.888. The molecule has 3 aromatic rings. The van der Waals surface area contributed by atoms with Gasteiger partial charge in [0.15, 0.2) is 0 Å². The summed E-state index contributed by atoms with van der Waals surface area (Å²) in [5, 5.41) is 17.7. The summed E-state index contributed by atoms with van der Waals surface area (Å²) >= 11 is 0. The number of aryl methyl sites for hydroxylation is 1. The van der Waals surface area contributed by atoms with Crippen LogP contribution >= 0.6 is 0 Å². The molecule has 2 amide bonds. The Morgan fingerprint density at radius 1 is 0.850 bits per heavy atom. The van der Waals surface area contributed by atoms with E-state index in [9.17, 15) is 9.59 Å². The molecule has 3 heterocycles. The molecule has 2 aromatic carbocycles. The third kappa shape index (κ3) is 6.09. The fourth-order valence-electron chi connectivity index (χ4n) is 4.91. The average molecular weight is 543 g/mol. The Morgan fingerprint density at radius 2 is 1.43 bits per heavy atom. The number of hydrogen-bond donors (Lipinski definition) is 1. The molecule has 2 aliphatic heterocycles. The van der Waals surface area contributed by atoms with Gasteiger partial charge in [0.1, 0.15) is 5.60 Å². The van der Waals surface area contributed by atoms with E-state index >= 15 is 0 Å². The van der Waals surface area contributed by atoms with E-state index < -0.39 is 11.7 Å². The summed E-state index contributed by atoms with van der Waals surface area (Å²) in [4.78, 5) is 26.6. The zero-order valence-electron chi connectivity index (χ0n) is 23.3. The van der Waals surface area contributed by atoms with Crippen LogP contribution in [0.4, 0.5) is 9.59 Å². The van der Waals surface area contributed by atoms with Gasteiger partial charge < -0.3 is 24.1 Å². The minimum Gasteiger partial charge on any atom is -0.465 e. The van der Waals surface area contributed by atoms with Crippen molar-refractivity contribution in [2.24, 2.45) is 0 Å². The van der Waals surface area contributed by atoms with Gasteiger partial charge in [-0.15, -0.1) is 10.2 Å². The van der Waals surface area contributed by atoms with E-state index in [1.165, 1.54) is 10.5 Å². The fourth-order valence-corrected chi connectivity index (χ4v) is 4.91. The Balaban J connectivity index is 1.25. The molecule has 40 heavy (non-hydrogen) atoms. The van der Waals surface area contributed by atoms with Gasteiger partial charge in [0, 0.05) is 37.3 Å². The van der Waals surface area contributed by atoms with Crippen LogP contribution < -0.4 is 0 Å². The van der Waals surface area contributed by atoms with Crippen LogP contribution in [0.5, 0.6) is 0 Å². The molecule has 1 aromatic heterocycles. The Morgan fingerprint density at radius 3 is 2.00 bits per heavy atom. The van der Waals surface area contributed by atoms with Crippen molar-refractivity contribution in [2.75, 3.05) is 26.2 Å². The number of carbonyl (C=O) groups excluding carboxylic acids is 1. The highest BCUT2D eigenvalue weighted by atomic mass is 16.6. The molecule has 0 saturated heterocycles. The minimum absolute atomic E-state index is 0.283. The summed E-state index contributed by atoms with van der Waals surface area (Å²) in [6, 6.07) is 14.1.